The molecular weight excluding hydrogens is 367 g/mol. The molecule has 1 aliphatic rings. The van der Waals surface area contributed by atoms with Gasteiger partial charge >= 0.3 is 6.18 Å². The van der Waals surface area contributed by atoms with Crippen LogP contribution in [-0.2, 0) is 12.7 Å². The number of phenols is 1. The molecule has 1 saturated carbocycles. The summed E-state index contributed by atoms with van der Waals surface area (Å²) in [6.45, 7) is 0.230. The Hall–Kier alpha value is -2.70. The lowest BCUT2D eigenvalue weighted by Gasteiger charge is -2.25. The lowest BCUT2D eigenvalue weighted by molar-refractivity contribution is -0.137. The molecule has 0 amide bonds. The summed E-state index contributed by atoms with van der Waals surface area (Å²) in [6.07, 6.45) is 1.27. The molecule has 0 unspecified atom stereocenters. The number of phenolic OH excluding ortho intramolecular Hbond substituents is 1. The summed E-state index contributed by atoms with van der Waals surface area (Å²) in [7, 11) is 0. The summed E-state index contributed by atoms with van der Waals surface area (Å²) in [6, 6.07) is 12.1. The molecule has 1 aliphatic carbocycles. The van der Waals surface area contributed by atoms with Gasteiger partial charge in [0.1, 0.15) is 5.75 Å². The maximum atomic E-state index is 12.7. The van der Waals surface area contributed by atoms with Gasteiger partial charge in [0.2, 0.25) is 0 Å². The molecule has 150 valence electrons. The highest BCUT2D eigenvalue weighted by atomic mass is 19.4. The maximum Gasteiger partial charge on any atom is 0.416 e. The number of hydrogen-bond donors (Lipinski definition) is 3. The number of para-hydroxylation sites is 2. The predicted octanol–water partition coefficient (Wildman–Crippen LogP) is 5.30. The van der Waals surface area contributed by atoms with Crippen molar-refractivity contribution in [1.29, 1.82) is 0 Å². The highest BCUT2D eigenvalue weighted by Gasteiger charge is 2.29. The Morgan fingerprint density at radius 3 is 2.32 bits per heavy atom. The van der Waals surface area contributed by atoms with E-state index in [1.165, 1.54) is 18.6 Å². The first-order valence-corrected chi connectivity index (χ1v) is 9.44. The van der Waals surface area contributed by atoms with Crippen molar-refractivity contribution in [3.8, 4) is 5.75 Å². The van der Waals surface area contributed by atoms with Crippen LogP contribution in [0.1, 0.15) is 43.2 Å². The molecule has 7 heteroatoms. The molecule has 0 radical (unpaired) electrons. The Kier molecular flexibility index (Phi) is 6.44. The fraction of sp³-hybridized carbons (Fsp3) is 0.381. The predicted molar refractivity (Wildman–Crippen MR) is 104 cm³/mol. The second kappa shape index (κ2) is 8.99. The summed E-state index contributed by atoms with van der Waals surface area (Å²) < 4.78 is 38.1. The lowest BCUT2D eigenvalue weighted by Crippen LogP contribution is -2.40. The molecule has 4 nitrogen and oxygen atoms in total. The lowest BCUT2D eigenvalue weighted by atomic mass is 9.96. The van der Waals surface area contributed by atoms with Gasteiger partial charge in [0.25, 0.3) is 0 Å². The van der Waals surface area contributed by atoms with E-state index >= 15 is 0 Å². The van der Waals surface area contributed by atoms with E-state index in [4.69, 9.17) is 0 Å². The van der Waals surface area contributed by atoms with E-state index in [1.807, 2.05) is 0 Å². The average molecular weight is 391 g/mol. The zero-order chi connectivity index (χ0) is 20.0. The third-order valence-electron chi connectivity index (χ3n) is 4.80. The molecule has 0 bridgehead atoms. The maximum absolute atomic E-state index is 12.7. The fourth-order valence-corrected chi connectivity index (χ4v) is 3.24. The van der Waals surface area contributed by atoms with Crippen LogP contribution in [-0.4, -0.2) is 17.1 Å². The van der Waals surface area contributed by atoms with E-state index < -0.39 is 11.7 Å². The van der Waals surface area contributed by atoms with Crippen LogP contribution in [0.2, 0.25) is 0 Å². The van der Waals surface area contributed by atoms with Gasteiger partial charge in [0.15, 0.2) is 5.96 Å². The van der Waals surface area contributed by atoms with Gasteiger partial charge in [-0.3, -0.25) is 0 Å². The average Bonchev–Trinajstić information content (AvgIpc) is 2.68. The number of anilines is 1. The monoisotopic (exact) mass is 391 g/mol. The van der Waals surface area contributed by atoms with E-state index in [2.05, 4.69) is 15.6 Å². The highest BCUT2D eigenvalue weighted by Crippen LogP contribution is 2.29. The van der Waals surface area contributed by atoms with Gasteiger partial charge in [0.05, 0.1) is 17.8 Å². The molecule has 28 heavy (non-hydrogen) atoms. The molecule has 3 rings (SSSR count). The van der Waals surface area contributed by atoms with Crippen LogP contribution in [0.5, 0.6) is 5.75 Å². The SMILES string of the molecule is Oc1ccccc1NC(=NCc1ccc(C(F)(F)F)cc1)NC1CCCCC1. The first kappa shape index (κ1) is 20.0. The minimum atomic E-state index is -4.35. The molecule has 0 atom stereocenters. The molecule has 0 spiro atoms. The number of alkyl halides is 3. The van der Waals surface area contributed by atoms with Crippen LogP contribution < -0.4 is 10.6 Å². The third-order valence-corrected chi connectivity index (χ3v) is 4.80. The standard InChI is InChI=1S/C21H24F3N3O/c22-21(23,24)16-12-10-15(11-13-16)14-25-20(26-17-6-2-1-3-7-17)27-18-8-4-5-9-19(18)28/h4-5,8-13,17,28H,1-3,6-7,14H2,(H2,25,26,27). The molecule has 0 aromatic heterocycles. The first-order valence-electron chi connectivity index (χ1n) is 9.44. The van der Waals surface area contributed by atoms with Crippen molar-refractivity contribution in [2.75, 3.05) is 5.32 Å². The number of halogens is 3. The Morgan fingerprint density at radius 2 is 1.68 bits per heavy atom. The van der Waals surface area contributed by atoms with Gasteiger partial charge in [-0.1, -0.05) is 43.5 Å². The number of aliphatic imine (C=N–C) groups is 1. The molecule has 0 heterocycles. The van der Waals surface area contributed by atoms with Crippen LogP contribution in [0.3, 0.4) is 0 Å². The first-order chi connectivity index (χ1) is 13.4. The van der Waals surface area contributed by atoms with Crippen molar-refractivity contribution in [2.45, 2.75) is 50.9 Å². The van der Waals surface area contributed by atoms with Crippen LogP contribution in [0, 0.1) is 0 Å². The van der Waals surface area contributed by atoms with E-state index in [-0.39, 0.29) is 12.3 Å². The molecule has 1 fully saturated rings. The summed E-state index contributed by atoms with van der Waals surface area (Å²) in [5, 5.41) is 16.5. The van der Waals surface area contributed by atoms with Crippen LogP contribution in [0.15, 0.2) is 53.5 Å². The Labute approximate surface area is 162 Å². The van der Waals surface area contributed by atoms with E-state index in [0.29, 0.717) is 23.3 Å². The third kappa shape index (κ3) is 5.65. The van der Waals surface area contributed by atoms with E-state index in [9.17, 15) is 18.3 Å². The Bertz CT molecular complexity index is 797. The summed E-state index contributed by atoms with van der Waals surface area (Å²) in [5.74, 6) is 0.614. The fourth-order valence-electron chi connectivity index (χ4n) is 3.24. The van der Waals surface area contributed by atoms with Crippen molar-refractivity contribution in [2.24, 2.45) is 4.99 Å². The normalized spacial score (nSPS) is 16.0. The summed E-state index contributed by atoms with van der Waals surface area (Å²) in [5.41, 5.74) is 0.528. The number of guanidine groups is 1. The van der Waals surface area contributed by atoms with Crippen molar-refractivity contribution in [3.05, 3.63) is 59.7 Å². The molecule has 3 N–H and O–H groups in total. The highest BCUT2D eigenvalue weighted by molar-refractivity contribution is 5.95. The Morgan fingerprint density at radius 1 is 1.00 bits per heavy atom. The molecular formula is C21H24F3N3O. The second-order valence-electron chi connectivity index (χ2n) is 6.98. The number of benzene rings is 2. The number of aromatic hydroxyl groups is 1. The number of rotatable bonds is 4. The van der Waals surface area contributed by atoms with Gasteiger partial charge in [-0.25, -0.2) is 4.99 Å². The second-order valence-corrected chi connectivity index (χ2v) is 6.98. The molecule has 0 saturated heterocycles. The minimum Gasteiger partial charge on any atom is -0.506 e. The quantitative estimate of drug-likeness (QED) is 0.377. The van der Waals surface area contributed by atoms with Crippen molar-refractivity contribution >= 4 is 11.6 Å². The van der Waals surface area contributed by atoms with Crippen molar-refractivity contribution in [1.82, 2.24) is 5.32 Å². The van der Waals surface area contributed by atoms with Crippen LogP contribution in [0.25, 0.3) is 0 Å². The van der Waals surface area contributed by atoms with Crippen molar-refractivity contribution in [3.63, 3.8) is 0 Å². The smallest absolute Gasteiger partial charge is 0.416 e. The number of hydrogen-bond acceptors (Lipinski definition) is 2. The summed E-state index contributed by atoms with van der Waals surface area (Å²) >= 11 is 0. The molecule has 2 aromatic carbocycles. The van der Waals surface area contributed by atoms with Crippen LogP contribution >= 0.6 is 0 Å². The molecule has 0 aliphatic heterocycles. The van der Waals surface area contributed by atoms with E-state index in [1.54, 1.807) is 24.3 Å². The summed E-state index contributed by atoms with van der Waals surface area (Å²) in [4.78, 5) is 4.52. The van der Waals surface area contributed by atoms with Crippen molar-refractivity contribution < 1.29 is 18.3 Å². The van der Waals surface area contributed by atoms with Crippen LogP contribution in [0.4, 0.5) is 18.9 Å². The largest absolute Gasteiger partial charge is 0.506 e. The van der Waals surface area contributed by atoms with Gasteiger partial charge in [-0.15, -0.1) is 0 Å². The van der Waals surface area contributed by atoms with Gasteiger partial charge in [-0.2, -0.15) is 13.2 Å². The topological polar surface area (TPSA) is 56.6 Å². The Balaban J connectivity index is 1.74. The number of nitrogens with one attached hydrogen (secondary N) is 2. The van der Waals surface area contributed by atoms with Gasteiger partial charge in [0, 0.05) is 6.04 Å². The zero-order valence-corrected chi connectivity index (χ0v) is 15.5. The molecule has 2 aromatic rings. The van der Waals surface area contributed by atoms with Gasteiger partial charge in [-0.05, 0) is 42.7 Å². The number of nitrogens with zero attached hydrogens (tertiary/aromatic N) is 1. The zero-order valence-electron chi connectivity index (χ0n) is 15.5. The van der Waals surface area contributed by atoms with Gasteiger partial charge < -0.3 is 15.7 Å². The van der Waals surface area contributed by atoms with E-state index in [0.717, 1.165) is 37.8 Å². The minimum absolute atomic E-state index is 0.107.